The number of pyridine rings is 1. The zero-order chi connectivity index (χ0) is 36.0. The first-order valence-electron chi connectivity index (χ1n) is 15.9. The molecule has 1 atom stereocenters. The van der Waals surface area contributed by atoms with Crippen LogP contribution in [0.25, 0.3) is 33.4 Å². The van der Waals surface area contributed by atoms with Crippen LogP contribution in [0.4, 0.5) is 22.0 Å². The number of hydrogen-bond donors (Lipinski definition) is 1. The van der Waals surface area contributed by atoms with Gasteiger partial charge in [-0.1, -0.05) is 32.0 Å². The van der Waals surface area contributed by atoms with Crippen molar-refractivity contribution in [3.05, 3.63) is 119 Å². The van der Waals surface area contributed by atoms with Crippen LogP contribution in [0.15, 0.2) is 79.1 Å². The lowest BCUT2D eigenvalue weighted by Crippen LogP contribution is -2.27. The highest BCUT2D eigenvalue weighted by Crippen LogP contribution is 2.41. The monoisotopic (exact) mass is 703 g/mol. The molecule has 1 unspecified atom stereocenters. The minimum atomic E-state index is -2.82. The van der Waals surface area contributed by atoms with Crippen molar-refractivity contribution in [3.63, 3.8) is 0 Å². The van der Waals surface area contributed by atoms with E-state index in [2.05, 4.69) is 10.1 Å². The summed E-state index contributed by atoms with van der Waals surface area (Å²) in [6.45, 7) is 1.78. The van der Waals surface area contributed by atoms with E-state index in [4.69, 9.17) is 14.5 Å². The summed E-state index contributed by atoms with van der Waals surface area (Å²) in [5, 5.41) is 13.2. The number of carbonyl (C=O) groups is 1. The number of benzene rings is 3. The fourth-order valence-corrected chi connectivity index (χ4v) is 6.25. The van der Waals surface area contributed by atoms with Gasteiger partial charge in [0.1, 0.15) is 29.9 Å². The van der Waals surface area contributed by atoms with Gasteiger partial charge in [0.15, 0.2) is 0 Å². The van der Waals surface area contributed by atoms with Gasteiger partial charge in [-0.05, 0) is 53.6 Å². The molecule has 6 aromatic rings. The molecule has 1 N–H and O–H groups in total. The number of hydrogen-bond acceptors (Lipinski definition) is 6. The van der Waals surface area contributed by atoms with Crippen LogP contribution in [0, 0.1) is 22.9 Å². The number of rotatable bonds is 10. The lowest BCUT2D eigenvalue weighted by molar-refractivity contribution is 0.0566. The summed E-state index contributed by atoms with van der Waals surface area (Å²) in [6, 6.07) is 15.2. The Morgan fingerprint density at radius 2 is 1.78 bits per heavy atom. The first kappa shape index (κ1) is 33.8. The van der Waals surface area contributed by atoms with Crippen LogP contribution in [0.5, 0.6) is 5.88 Å². The van der Waals surface area contributed by atoms with Crippen LogP contribution in [0.1, 0.15) is 53.7 Å². The Morgan fingerprint density at radius 1 is 0.980 bits per heavy atom. The molecule has 0 amide bonds. The molecule has 1 saturated heterocycles. The summed E-state index contributed by atoms with van der Waals surface area (Å²) in [4.78, 5) is 20.8. The lowest BCUT2D eigenvalue weighted by atomic mass is 9.87. The average Bonchev–Trinajstić information content (AvgIpc) is 3.82. The van der Waals surface area contributed by atoms with Gasteiger partial charge in [0.05, 0.1) is 47.7 Å². The highest BCUT2D eigenvalue weighted by Gasteiger charge is 2.39. The molecule has 0 radical (unpaired) electrons. The molecule has 7 rings (SSSR count). The summed E-state index contributed by atoms with van der Waals surface area (Å²) >= 11 is 0. The van der Waals surface area contributed by atoms with Crippen LogP contribution in [-0.2, 0) is 17.8 Å². The van der Waals surface area contributed by atoms with E-state index in [-0.39, 0.29) is 58.3 Å². The molecule has 0 aliphatic carbocycles. The molecule has 3 aromatic heterocycles. The van der Waals surface area contributed by atoms with E-state index in [9.17, 15) is 23.1 Å². The number of halogens is 5. The Morgan fingerprint density at radius 3 is 2.49 bits per heavy atom. The van der Waals surface area contributed by atoms with Gasteiger partial charge in [0.2, 0.25) is 5.88 Å². The summed E-state index contributed by atoms with van der Waals surface area (Å²) in [6.07, 6.45) is 2.24. The van der Waals surface area contributed by atoms with E-state index in [0.717, 1.165) is 18.3 Å². The molecule has 1 fully saturated rings. The summed E-state index contributed by atoms with van der Waals surface area (Å²) < 4.78 is 85.9. The predicted molar refractivity (Wildman–Crippen MR) is 176 cm³/mol. The van der Waals surface area contributed by atoms with E-state index in [0.29, 0.717) is 45.9 Å². The molecule has 0 bridgehead atoms. The van der Waals surface area contributed by atoms with Crippen LogP contribution >= 0.6 is 0 Å². The van der Waals surface area contributed by atoms with Gasteiger partial charge < -0.3 is 19.1 Å². The Hall–Kier alpha value is -5.63. The number of ether oxygens (including phenoxy) is 2. The van der Waals surface area contributed by atoms with Crippen molar-refractivity contribution < 1.29 is 41.3 Å². The highest BCUT2D eigenvalue weighted by molar-refractivity contribution is 5.92. The third-order valence-corrected chi connectivity index (χ3v) is 9.02. The molecule has 0 spiro atoms. The maximum atomic E-state index is 15.7. The molecule has 3 aromatic carbocycles. The Bertz CT molecular complexity index is 2290. The molecule has 1 aliphatic rings. The third-order valence-electron chi connectivity index (χ3n) is 9.02. The minimum absolute atomic E-state index is 0.0360. The summed E-state index contributed by atoms with van der Waals surface area (Å²) in [7, 11) is 0. The number of aromatic nitrogens is 5. The SMILES string of the molecule is CC1(C)COCC1n1c(Cc2cc(F)c(-c3cccc(OCc4ccc(-c5cnn(C(F)F)c5)cc4F)n3)cc2F)nc2ccc(C(=O)O)cc21. The lowest BCUT2D eigenvalue weighted by Gasteiger charge is -2.28. The quantitative estimate of drug-likeness (QED) is 0.143. The zero-order valence-corrected chi connectivity index (χ0v) is 27.3. The van der Waals surface area contributed by atoms with Gasteiger partial charge in [-0.2, -0.15) is 13.9 Å². The summed E-state index contributed by atoms with van der Waals surface area (Å²) in [5.41, 5.74) is 1.65. The van der Waals surface area contributed by atoms with Gasteiger partial charge in [-0.3, -0.25) is 0 Å². The van der Waals surface area contributed by atoms with E-state index in [1.165, 1.54) is 42.6 Å². The molecule has 0 saturated carbocycles. The van der Waals surface area contributed by atoms with Crippen molar-refractivity contribution in [1.82, 2.24) is 24.3 Å². The number of nitrogens with zero attached hydrogens (tertiary/aromatic N) is 5. The molecule has 1 aliphatic heterocycles. The fourth-order valence-electron chi connectivity index (χ4n) is 6.25. The Balaban J connectivity index is 1.12. The van der Waals surface area contributed by atoms with Crippen LogP contribution in [-0.4, -0.2) is 48.6 Å². The van der Waals surface area contributed by atoms with Crippen molar-refractivity contribution in [3.8, 4) is 28.3 Å². The van der Waals surface area contributed by atoms with Gasteiger partial charge in [-0.15, -0.1) is 0 Å². The predicted octanol–water partition coefficient (Wildman–Crippen LogP) is 8.24. The second-order valence-electron chi connectivity index (χ2n) is 13.0. The molecule has 14 heteroatoms. The third kappa shape index (κ3) is 6.66. The number of carboxylic acids is 1. The molecule has 9 nitrogen and oxygen atoms in total. The van der Waals surface area contributed by atoms with E-state index in [1.807, 2.05) is 18.4 Å². The first-order chi connectivity index (χ1) is 24.4. The number of carboxylic acid groups (broad SMARTS) is 1. The normalized spacial score (nSPS) is 15.6. The van der Waals surface area contributed by atoms with Crippen LogP contribution in [0.3, 0.4) is 0 Å². The molecular weight excluding hydrogens is 673 g/mol. The van der Waals surface area contributed by atoms with Gasteiger partial charge in [-0.25, -0.2) is 32.6 Å². The van der Waals surface area contributed by atoms with Crippen molar-refractivity contribution in [1.29, 1.82) is 0 Å². The largest absolute Gasteiger partial charge is 0.478 e. The minimum Gasteiger partial charge on any atom is -0.478 e. The topological polar surface area (TPSA) is 104 Å². The maximum Gasteiger partial charge on any atom is 0.335 e. The second kappa shape index (κ2) is 13.2. The Kier molecular flexibility index (Phi) is 8.79. The van der Waals surface area contributed by atoms with Gasteiger partial charge in [0, 0.05) is 40.8 Å². The number of imidazole rings is 1. The summed E-state index contributed by atoms with van der Waals surface area (Å²) in [5.74, 6) is -2.72. The van der Waals surface area contributed by atoms with E-state index in [1.54, 1.807) is 18.2 Å². The zero-order valence-electron chi connectivity index (χ0n) is 27.3. The number of aromatic carboxylic acids is 1. The molecule has 262 valence electrons. The van der Waals surface area contributed by atoms with Crippen LogP contribution < -0.4 is 4.74 Å². The maximum absolute atomic E-state index is 15.7. The van der Waals surface area contributed by atoms with Crippen molar-refractivity contribution in [2.45, 2.75) is 39.5 Å². The van der Waals surface area contributed by atoms with Gasteiger partial charge in [0.25, 0.3) is 0 Å². The number of fused-ring (bicyclic) bond motifs is 1. The molecule has 51 heavy (non-hydrogen) atoms. The average molecular weight is 704 g/mol. The molecular formula is C37H30F5N5O4. The van der Waals surface area contributed by atoms with Crippen molar-refractivity contribution in [2.75, 3.05) is 13.2 Å². The van der Waals surface area contributed by atoms with Crippen LogP contribution in [0.2, 0.25) is 0 Å². The Labute approximate surface area is 287 Å². The number of alkyl halides is 2. The highest BCUT2D eigenvalue weighted by atomic mass is 19.3. The fraction of sp³-hybridized carbons (Fsp3) is 0.243. The second-order valence-corrected chi connectivity index (χ2v) is 13.0. The smallest absolute Gasteiger partial charge is 0.335 e. The van der Waals surface area contributed by atoms with E-state index < -0.39 is 30.0 Å². The van der Waals surface area contributed by atoms with Crippen molar-refractivity contribution >= 4 is 17.0 Å². The first-order valence-corrected chi connectivity index (χ1v) is 15.9. The standard InChI is InChI=1S/C37H30F5N5O4/c1-37(2)19-50-18-32(37)47-31-12-21(35(48)49)8-9-30(31)44-33(47)13-23-11-28(40)25(14-27(23)39)29-4-3-5-34(45-29)51-17-22-7-6-20(10-26(22)38)24-15-43-46(16-24)36(41)42/h3-12,14-16,32,36H,13,17-19H2,1-2H3,(H,48,49). The van der Waals surface area contributed by atoms with Gasteiger partial charge >= 0.3 is 12.5 Å². The van der Waals surface area contributed by atoms with Crippen molar-refractivity contribution in [2.24, 2.45) is 5.41 Å². The van der Waals surface area contributed by atoms with E-state index >= 15 is 8.78 Å². The molecule has 4 heterocycles.